The van der Waals surface area contributed by atoms with E-state index in [-0.39, 0.29) is 6.61 Å². The molecule has 5 heteroatoms. The van der Waals surface area contributed by atoms with Crippen LogP contribution in [0.25, 0.3) is 0 Å². The number of hydrogen-bond acceptors (Lipinski definition) is 5. The molecule has 1 aliphatic rings. The molecule has 1 heterocycles. The average Bonchev–Trinajstić information content (AvgIpc) is 2.88. The molecule has 2 unspecified atom stereocenters. The van der Waals surface area contributed by atoms with Gasteiger partial charge in [0, 0.05) is 30.7 Å². The quantitative estimate of drug-likeness (QED) is 0.746. The Morgan fingerprint density at radius 1 is 1.20 bits per heavy atom. The topological polar surface area (TPSA) is 70.1 Å². The zero-order chi connectivity index (χ0) is 14.5. The van der Waals surface area contributed by atoms with Gasteiger partial charge in [-0.1, -0.05) is 13.3 Å². The van der Waals surface area contributed by atoms with Crippen molar-refractivity contribution in [3.63, 3.8) is 0 Å². The van der Waals surface area contributed by atoms with E-state index in [1.54, 1.807) is 0 Å². The second-order valence-electron chi connectivity index (χ2n) is 5.64. The van der Waals surface area contributed by atoms with Crippen molar-refractivity contribution in [2.24, 2.45) is 5.92 Å². The highest BCUT2D eigenvalue weighted by molar-refractivity contribution is 5.57. The second kappa shape index (κ2) is 6.88. The van der Waals surface area contributed by atoms with E-state index < -0.39 is 0 Å². The zero-order valence-electron chi connectivity index (χ0n) is 12.7. The summed E-state index contributed by atoms with van der Waals surface area (Å²) < 4.78 is 0. The molecule has 1 aromatic rings. The Labute approximate surface area is 121 Å². The van der Waals surface area contributed by atoms with Crippen LogP contribution in [0, 0.1) is 19.8 Å². The lowest BCUT2D eigenvalue weighted by molar-refractivity contribution is 0.222. The minimum Gasteiger partial charge on any atom is -0.396 e. The predicted octanol–water partition coefficient (Wildman–Crippen LogP) is 2.49. The van der Waals surface area contributed by atoms with Gasteiger partial charge in [-0.25, -0.2) is 9.97 Å². The normalized spacial score (nSPS) is 22.0. The fraction of sp³-hybridized carbons (Fsp3) is 0.733. The molecule has 3 N–H and O–H groups in total. The molecule has 0 saturated heterocycles. The molecule has 2 rings (SSSR count). The molecule has 0 spiro atoms. The van der Waals surface area contributed by atoms with Crippen molar-refractivity contribution in [1.29, 1.82) is 0 Å². The third-order valence-electron chi connectivity index (χ3n) is 4.02. The Morgan fingerprint density at radius 3 is 2.65 bits per heavy atom. The minimum atomic E-state index is 0.252. The summed E-state index contributed by atoms with van der Waals surface area (Å²) in [5, 5.41) is 16.3. The Hall–Kier alpha value is -1.36. The van der Waals surface area contributed by atoms with Gasteiger partial charge in [0.15, 0.2) is 0 Å². The number of nitrogens with zero attached hydrogens (tertiary/aromatic N) is 2. The first kappa shape index (κ1) is 15.0. The number of aryl methyl sites for hydroxylation is 1. The lowest BCUT2D eigenvalue weighted by Gasteiger charge is -2.22. The van der Waals surface area contributed by atoms with Gasteiger partial charge in [-0.2, -0.15) is 0 Å². The van der Waals surface area contributed by atoms with Crippen LogP contribution in [0.2, 0.25) is 0 Å². The molecule has 0 bridgehead atoms. The highest BCUT2D eigenvalue weighted by Gasteiger charge is 2.27. The number of nitrogens with one attached hydrogen (secondary N) is 2. The molecule has 1 fully saturated rings. The van der Waals surface area contributed by atoms with Gasteiger partial charge in [0.25, 0.3) is 0 Å². The smallest absolute Gasteiger partial charge is 0.134 e. The van der Waals surface area contributed by atoms with E-state index >= 15 is 0 Å². The molecular weight excluding hydrogens is 252 g/mol. The van der Waals surface area contributed by atoms with Crippen molar-refractivity contribution >= 4 is 11.6 Å². The van der Waals surface area contributed by atoms with Gasteiger partial charge in [0.1, 0.15) is 17.5 Å². The molecule has 0 radical (unpaired) electrons. The van der Waals surface area contributed by atoms with E-state index in [0.717, 1.165) is 48.8 Å². The Kier molecular flexibility index (Phi) is 5.17. The minimum absolute atomic E-state index is 0.252. The van der Waals surface area contributed by atoms with Gasteiger partial charge in [0.2, 0.25) is 0 Å². The largest absolute Gasteiger partial charge is 0.396 e. The van der Waals surface area contributed by atoms with Crippen LogP contribution in [0.3, 0.4) is 0 Å². The number of anilines is 2. The van der Waals surface area contributed by atoms with Gasteiger partial charge in [-0.05, 0) is 33.1 Å². The van der Waals surface area contributed by atoms with Crippen molar-refractivity contribution in [1.82, 2.24) is 9.97 Å². The van der Waals surface area contributed by atoms with Crippen LogP contribution in [-0.2, 0) is 0 Å². The van der Waals surface area contributed by atoms with Gasteiger partial charge in [0.05, 0.1) is 0 Å². The lowest BCUT2D eigenvalue weighted by atomic mass is 10.0. The molecule has 1 saturated carbocycles. The van der Waals surface area contributed by atoms with Crippen LogP contribution < -0.4 is 10.6 Å². The van der Waals surface area contributed by atoms with Crippen molar-refractivity contribution < 1.29 is 5.11 Å². The number of aromatic nitrogens is 2. The maximum absolute atomic E-state index is 9.42. The Balaban J connectivity index is 2.16. The van der Waals surface area contributed by atoms with Crippen molar-refractivity contribution in [2.75, 3.05) is 23.8 Å². The maximum Gasteiger partial charge on any atom is 0.134 e. The molecule has 1 aromatic heterocycles. The summed E-state index contributed by atoms with van der Waals surface area (Å²) in [6, 6.07) is 0.326. The molecule has 2 atom stereocenters. The molecule has 0 amide bonds. The van der Waals surface area contributed by atoms with Crippen LogP contribution in [0.15, 0.2) is 0 Å². The number of rotatable bonds is 6. The number of aliphatic hydroxyl groups is 1. The fourth-order valence-electron chi connectivity index (χ4n) is 2.81. The zero-order valence-corrected chi connectivity index (χ0v) is 12.7. The van der Waals surface area contributed by atoms with Crippen LogP contribution >= 0.6 is 0 Å². The predicted molar refractivity (Wildman–Crippen MR) is 82.1 cm³/mol. The molecule has 20 heavy (non-hydrogen) atoms. The van der Waals surface area contributed by atoms with E-state index in [9.17, 15) is 5.11 Å². The first-order valence-electron chi connectivity index (χ1n) is 7.62. The van der Waals surface area contributed by atoms with Crippen molar-refractivity contribution in [3.8, 4) is 0 Å². The molecule has 0 aliphatic heterocycles. The summed E-state index contributed by atoms with van der Waals surface area (Å²) >= 11 is 0. The molecule has 1 aliphatic carbocycles. The molecule has 112 valence electrons. The second-order valence-corrected chi connectivity index (χ2v) is 5.64. The van der Waals surface area contributed by atoms with E-state index in [1.165, 1.54) is 6.42 Å². The maximum atomic E-state index is 9.42. The van der Waals surface area contributed by atoms with Crippen LogP contribution in [0.1, 0.15) is 44.0 Å². The van der Waals surface area contributed by atoms with Crippen molar-refractivity contribution in [3.05, 3.63) is 11.4 Å². The Bertz CT molecular complexity index is 450. The van der Waals surface area contributed by atoms with Crippen LogP contribution in [0.4, 0.5) is 11.6 Å². The average molecular weight is 278 g/mol. The molecule has 0 aromatic carbocycles. The summed E-state index contributed by atoms with van der Waals surface area (Å²) in [6.07, 6.45) is 4.44. The van der Waals surface area contributed by atoms with Gasteiger partial charge in [-0.15, -0.1) is 0 Å². The van der Waals surface area contributed by atoms with E-state index in [1.807, 2.05) is 13.8 Å². The van der Waals surface area contributed by atoms with Crippen molar-refractivity contribution in [2.45, 2.75) is 52.5 Å². The van der Waals surface area contributed by atoms with E-state index in [2.05, 4.69) is 27.5 Å². The summed E-state index contributed by atoms with van der Waals surface area (Å²) in [4.78, 5) is 9.00. The summed E-state index contributed by atoms with van der Waals surface area (Å²) in [5.41, 5.74) is 1.06. The summed E-state index contributed by atoms with van der Waals surface area (Å²) in [7, 11) is 0. The van der Waals surface area contributed by atoms with Gasteiger partial charge >= 0.3 is 0 Å². The third-order valence-corrected chi connectivity index (χ3v) is 4.02. The van der Waals surface area contributed by atoms with Crippen LogP contribution in [0.5, 0.6) is 0 Å². The molecular formula is C15H26N4O. The third kappa shape index (κ3) is 3.39. The lowest BCUT2D eigenvalue weighted by Crippen LogP contribution is -2.27. The standard InChI is InChI=1S/C15H26N4O/c1-4-8-16-14-10(2)15(18-11(3)17-14)19-13-7-5-6-12(13)9-20/h12-13,20H,4-9H2,1-3H3,(H2,16,17,18,19). The first-order chi connectivity index (χ1) is 9.65. The summed E-state index contributed by atoms with van der Waals surface area (Å²) in [6.45, 7) is 7.27. The van der Waals surface area contributed by atoms with Crippen LogP contribution in [-0.4, -0.2) is 34.3 Å². The first-order valence-corrected chi connectivity index (χ1v) is 7.62. The monoisotopic (exact) mass is 278 g/mol. The molecule has 5 nitrogen and oxygen atoms in total. The van der Waals surface area contributed by atoms with Gasteiger partial charge < -0.3 is 15.7 Å². The van der Waals surface area contributed by atoms with E-state index in [4.69, 9.17) is 0 Å². The van der Waals surface area contributed by atoms with E-state index in [0.29, 0.717) is 12.0 Å². The van der Waals surface area contributed by atoms with Gasteiger partial charge in [-0.3, -0.25) is 0 Å². The highest BCUT2D eigenvalue weighted by atomic mass is 16.3. The SMILES string of the molecule is CCCNc1nc(C)nc(NC2CCCC2CO)c1C. The highest BCUT2D eigenvalue weighted by Crippen LogP contribution is 2.29. The Morgan fingerprint density at radius 2 is 1.95 bits per heavy atom. The number of hydrogen-bond donors (Lipinski definition) is 3. The summed E-state index contributed by atoms with van der Waals surface area (Å²) in [5.74, 6) is 2.94. The number of aliphatic hydroxyl groups excluding tert-OH is 1. The fourth-order valence-corrected chi connectivity index (χ4v) is 2.81.